The van der Waals surface area contributed by atoms with E-state index in [1.54, 1.807) is 11.6 Å². The monoisotopic (exact) mass is 287 g/mol. The number of para-hydroxylation sites is 1. The van der Waals surface area contributed by atoms with Crippen molar-refractivity contribution < 1.29 is 9.53 Å². The first-order valence-electron chi connectivity index (χ1n) is 7.16. The smallest absolute Gasteiger partial charge is 0.333 e. The molecule has 1 aromatic carbocycles. The molecular formula is C16H21N3O2. The maximum Gasteiger partial charge on any atom is 0.333 e. The summed E-state index contributed by atoms with van der Waals surface area (Å²) in [4.78, 5) is 12.3. The van der Waals surface area contributed by atoms with Gasteiger partial charge in [0.05, 0.1) is 12.3 Å². The van der Waals surface area contributed by atoms with Crippen LogP contribution in [0.15, 0.2) is 36.5 Å². The SMILES string of the molecule is CCOC(=O)C(Nc1ccccc1)c1cn(C)nc1CC. The number of anilines is 1. The first-order valence-corrected chi connectivity index (χ1v) is 7.16. The van der Waals surface area contributed by atoms with Crippen molar-refractivity contribution in [1.29, 1.82) is 0 Å². The summed E-state index contributed by atoms with van der Waals surface area (Å²) in [5.41, 5.74) is 2.64. The number of hydrogen-bond donors (Lipinski definition) is 1. The zero-order chi connectivity index (χ0) is 15.2. The molecule has 1 atom stereocenters. The highest BCUT2D eigenvalue weighted by Gasteiger charge is 2.26. The van der Waals surface area contributed by atoms with Gasteiger partial charge < -0.3 is 10.1 Å². The summed E-state index contributed by atoms with van der Waals surface area (Å²) in [5, 5.41) is 7.64. The number of ether oxygens (including phenoxy) is 1. The van der Waals surface area contributed by atoms with Crippen LogP contribution in [-0.4, -0.2) is 22.4 Å². The van der Waals surface area contributed by atoms with E-state index in [0.29, 0.717) is 6.61 Å². The zero-order valence-electron chi connectivity index (χ0n) is 12.7. The van der Waals surface area contributed by atoms with Crippen LogP contribution in [0.5, 0.6) is 0 Å². The van der Waals surface area contributed by atoms with Gasteiger partial charge in [0.1, 0.15) is 0 Å². The van der Waals surface area contributed by atoms with Gasteiger partial charge in [-0.3, -0.25) is 4.68 Å². The molecule has 1 heterocycles. The third-order valence-corrected chi connectivity index (χ3v) is 3.19. The third kappa shape index (κ3) is 3.62. The molecule has 0 saturated heterocycles. The first-order chi connectivity index (χ1) is 10.2. The van der Waals surface area contributed by atoms with E-state index in [4.69, 9.17) is 4.74 Å². The van der Waals surface area contributed by atoms with Gasteiger partial charge in [0.25, 0.3) is 0 Å². The fourth-order valence-corrected chi connectivity index (χ4v) is 2.26. The molecule has 0 aliphatic rings. The largest absolute Gasteiger partial charge is 0.464 e. The minimum absolute atomic E-state index is 0.288. The van der Waals surface area contributed by atoms with Gasteiger partial charge in [0.15, 0.2) is 6.04 Å². The Balaban J connectivity index is 2.33. The predicted octanol–water partition coefficient (Wildman–Crippen LogP) is 2.70. The fraction of sp³-hybridized carbons (Fsp3) is 0.375. The van der Waals surface area contributed by atoms with Crippen LogP contribution in [-0.2, 0) is 23.0 Å². The molecule has 1 N–H and O–H groups in total. The quantitative estimate of drug-likeness (QED) is 0.830. The van der Waals surface area contributed by atoms with E-state index in [2.05, 4.69) is 10.4 Å². The molecule has 2 rings (SSSR count). The van der Waals surface area contributed by atoms with Gasteiger partial charge in [-0.05, 0) is 25.5 Å². The van der Waals surface area contributed by atoms with Crippen molar-refractivity contribution in [3.63, 3.8) is 0 Å². The van der Waals surface area contributed by atoms with Gasteiger partial charge in [-0.25, -0.2) is 4.79 Å². The maximum atomic E-state index is 12.3. The summed E-state index contributed by atoms with van der Waals surface area (Å²) in [6.07, 6.45) is 2.64. The predicted molar refractivity (Wildman–Crippen MR) is 82.0 cm³/mol. The summed E-state index contributed by atoms with van der Waals surface area (Å²) in [6, 6.07) is 9.09. The lowest BCUT2D eigenvalue weighted by molar-refractivity contribution is -0.144. The Morgan fingerprint density at radius 2 is 2.05 bits per heavy atom. The Hall–Kier alpha value is -2.30. The van der Waals surface area contributed by atoms with E-state index in [1.807, 2.05) is 50.5 Å². The van der Waals surface area contributed by atoms with Crippen LogP contribution in [0.1, 0.15) is 31.1 Å². The van der Waals surface area contributed by atoms with Crippen LogP contribution < -0.4 is 5.32 Å². The molecule has 0 bridgehead atoms. The van der Waals surface area contributed by atoms with E-state index in [0.717, 1.165) is 23.4 Å². The minimum atomic E-state index is -0.545. The number of benzene rings is 1. The number of hydrogen-bond acceptors (Lipinski definition) is 4. The second kappa shape index (κ2) is 6.92. The normalized spacial score (nSPS) is 12.0. The highest BCUT2D eigenvalue weighted by atomic mass is 16.5. The van der Waals surface area contributed by atoms with E-state index in [1.165, 1.54) is 0 Å². The molecule has 0 radical (unpaired) electrons. The molecule has 112 valence electrons. The number of esters is 1. The Labute approximate surface area is 124 Å². The number of carbonyl (C=O) groups is 1. The second-order valence-electron chi connectivity index (χ2n) is 4.75. The zero-order valence-corrected chi connectivity index (χ0v) is 12.7. The van der Waals surface area contributed by atoms with Crippen molar-refractivity contribution in [2.75, 3.05) is 11.9 Å². The number of nitrogens with zero attached hydrogens (tertiary/aromatic N) is 2. The van der Waals surface area contributed by atoms with Crippen molar-refractivity contribution in [3.8, 4) is 0 Å². The van der Waals surface area contributed by atoms with Gasteiger partial charge in [0.2, 0.25) is 0 Å². The molecule has 21 heavy (non-hydrogen) atoms. The van der Waals surface area contributed by atoms with Crippen LogP contribution in [0, 0.1) is 0 Å². The van der Waals surface area contributed by atoms with Crippen LogP contribution in [0.25, 0.3) is 0 Å². The highest BCUT2D eigenvalue weighted by Crippen LogP contribution is 2.24. The van der Waals surface area contributed by atoms with Crippen LogP contribution in [0.2, 0.25) is 0 Å². The van der Waals surface area contributed by atoms with Gasteiger partial charge in [-0.15, -0.1) is 0 Å². The summed E-state index contributed by atoms with van der Waals surface area (Å²) in [7, 11) is 1.85. The standard InChI is InChI=1S/C16H21N3O2/c1-4-14-13(11-19(3)18-14)15(16(20)21-5-2)17-12-9-7-6-8-10-12/h6-11,15,17H,4-5H2,1-3H3. The lowest BCUT2D eigenvalue weighted by Crippen LogP contribution is -2.24. The molecule has 0 spiro atoms. The topological polar surface area (TPSA) is 56.1 Å². The second-order valence-corrected chi connectivity index (χ2v) is 4.75. The molecule has 0 amide bonds. The molecule has 1 aromatic heterocycles. The number of aromatic nitrogens is 2. The maximum absolute atomic E-state index is 12.3. The number of nitrogens with one attached hydrogen (secondary N) is 1. The Morgan fingerprint density at radius 3 is 2.67 bits per heavy atom. The summed E-state index contributed by atoms with van der Waals surface area (Å²) >= 11 is 0. The van der Waals surface area contributed by atoms with Crippen LogP contribution >= 0.6 is 0 Å². The first kappa shape index (κ1) is 15.1. The summed E-state index contributed by atoms with van der Waals surface area (Å²) < 4.78 is 6.93. The molecule has 5 heteroatoms. The van der Waals surface area contributed by atoms with E-state index in [9.17, 15) is 4.79 Å². The lowest BCUT2D eigenvalue weighted by atomic mass is 10.1. The average Bonchev–Trinajstić information content (AvgIpc) is 2.87. The lowest BCUT2D eigenvalue weighted by Gasteiger charge is -2.18. The van der Waals surface area contributed by atoms with E-state index in [-0.39, 0.29) is 5.97 Å². The van der Waals surface area contributed by atoms with Crippen molar-refractivity contribution in [2.45, 2.75) is 26.3 Å². The van der Waals surface area contributed by atoms with Gasteiger partial charge in [-0.1, -0.05) is 25.1 Å². The molecular weight excluding hydrogens is 266 g/mol. The van der Waals surface area contributed by atoms with Crippen molar-refractivity contribution in [1.82, 2.24) is 9.78 Å². The number of carbonyl (C=O) groups excluding carboxylic acids is 1. The van der Waals surface area contributed by atoms with E-state index >= 15 is 0 Å². The summed E-state index contributed by atoms with van der Waals surface area (Å²) in [6.45, 7) is 4.19. The Kier molecular flexibility index (Phi) is 4.98. The molecule has 0 saturated carbocycles. The van der Waals surface area contributed by atoms with Crippen LogP contribution in [0.4, 0.5) is 5.69 Å². The number of rotatable bonds is 6. The molecule has 0 aliphatic heterocycles. The minimum Gasteiger partial charge on any atom is -0.464 e. The molecule has 1 unspecified atom stereocenters. The van der Waals surface area contributed by atoms with Crippen molar-refractivity contribution in [2.24, 2.45) is 7.05 Å². The Bertz CT molecular complexity index is 593. The van der Waals surface area contributed by atoms with Gasteiger partial charge in [0, 0.05) is 24.5 Å². The fourth-order valence-electron chi connectivity index (χ4n) is 2.26. The Morgan fingerprint density at radius 1 is 1.33 bits per heavy atom. The molecule has 0 aliphatic carbocycles. The van der Waals surface area contributed by atoms with E-state index < -0.39 is 6.04 Å². The van der Waals surface area contributed by atoms with Crippen molar-refractivity contribution >= 4 is 11.7 Å². The third-order valence-electron chi connectivity index (χ3n) is 3.19. The highest BCUT2D eigenvalue weighted by molar-refractivity contribution is 5.81. The molecule has 0 fully saturated rings. The van der Waals surface area contributed by atoms with Gasteiger partial charge in [-0.2, -0.15) is 5.10 Å². The molecule has 2 aromatic rings. The average molecular weight is 287 g/mol. The summed E-state index contributed by atoms with van der Waals surface area (Å²) in [5.74, 6) is -0.288. The molecule has 5 nitrogen and oxygen atoms in total. The van der Waals surface area contributed by atoms with Crippen molar-refractivity contribution in [3.05, 3.63) is 47.8 Å². The van der Waals surface area contributed by atoms with Crippen LogP contribution in [0.3, 0.4) is 0 Å². The van der Waals surface area contributed by atoms with Gasteiger partial charge >= 0.3 is 5.97 Å². The number of aryl methyl sites for hydroxylation is 2.